The number of aliphatic hydroxyl groups excluding tert-OH is 1. The van der Waals surface area contributed by atoms with E-state index in [1.54, 1.807) is 23.0 Å². The Morgan fingerprint density at radius 1 is 1.46 bits per heavy atom. The van der Waals surface area contributed by atoms with Crippen LogP contribution in [0.1, 0.15) is 21.7 Å². The van der Waals surface area contributed by atoms with Gasteiger partial charge in [0.2, 0.25) is 0 Å². The van der Waals surface area contributed by atoms with Crippen LogP contribution in [-0.2, 0) is 0 Å². The van der Waals surface area contributed by atoms with Gasteiger partial charge in [-0.3, -0.25) is 4.98 Å². The molecule has 0 aliphatic carbocycles. The Bertz CT molecular complexity index is 383. The van der Waals surface area contributed by atoms with Gasteiger partial charge < -0.3 is 5.11 Å². The molecule has 1 unspecified atom stereocenters. The minimum absolute atomic E-state index is 0.613. The predicted octanol–water partition coefficient (Wildman–Crippen LogP) is 1.99. The zero-order chi connectivity index (χ0) is 9.26. The molecule has 13 heavy (non-hydrogen) atoms. The maximum Gasteiger partial charge on any atom is 0.132 e. The number of aromatic nitrogens is 2. The number of rotatable bonds is 2. The highest BCUT2D eigenvalue weighted by Crippen LogP contribution is 2.25. The Morgan fingerprint density at radius 2 is 2.31 bits per heavy atom. The molecule has 1 N–H and O–H groups in total. The molecule has 2 rings (SSSR count). The van der Waals surface area contributed by atoms with E-state index >= 15 is 0 Å². The van der Waals surface area contributed by atoms with Crippen molar-refractivity contribution in [3.63, 3.8) is 0 Å². The third-order valence-corrected chi connectivity index (χ3v) is 3.26. The van der Waals surface area contributed by atoms with Crippen LogP contribution in [0.3, 0.4) is 0 Å². The smallest absolute Gasteiger partial charge is 0.132 e. The normalized spacial score (nSPS) is 13.1. The highest BCUT2D eigenvalue weighted by atomic mass is 32.1. The zero-order valence-electron chi connectivity index (χ0n) is 6.97. The molecule has 2 aromatic heterocycles. The summed E-state index contributed by atoms with van der Waals surface area (Å²) in [6, 6.07) is 0. The first kappa shape index (κ1) is 8.80. The summed E-state index contributed by atoms with van der Waals surface area (Å²) >= 11 is 2.98. The molecule has 68 valence electrons. The van der Waals surface area contributed by atoms with Crippen molar-refractivity contribution in [3.05, 3.63) is 32.7 Å². The molecule has 5 heteroatoms. The third-order valence-electron chi connectivity index (χ3n) is 1.64. The minimum atomic E-state index is -0.613. The van der Waals surface area contributed by atoms with Crippen molar-refractivity contribution in [2.45, 2.75) is 13.0 Å². The van der Waals surface area contributed by atoms with E-state index in [4.69, 9.17) is 0 Å². The summed E-state index contributed by atoms with van der Waals surface area (Å²) in [6.07, 6.45) is 1.06. The van der Waals surface area contributed by atoms with Crippen molar-refractivity contribution in [1.29, 1.82) is 0 Å². The third kappa shape index (κ3) is 1.77. The number of hydrogen-bond acceptors (Lipinski definition) is 5. The lowest BCUT2D eigenvalue weighted by atomic mass is 10.2. The molecule has 0 saturated carbocycles. The molecule has 0 spiro atoms. The summed E-state index contributed by atoms with van der Waals surface area (Å²) in [6.45, 7) is 1.92. The first-order valence-electron chi connectivity index (χ1n) is 3.76. The number of hydrogen-bond donors (Lipinski definition) is 1. The molecule has 3 nitrogen and oxygen atoms in total. The largest absolute Gasteiger partial charge is 0.381 e. The number of aliphatic hydroxyl groups is 1. The van der Waals surface area contributed by atoms with Gasteiger partial charge in [-0.15, -0.1) is 22.7 Å². The fourth-order valence-corrected chi connectivity index (χ4v) is 2.26. The first-order chi connectivity index (χ1) is 6.27. The lowest BCUT2D eigenvalue weighted by molar-refractivity contribution is 0.219. The molecular formula is C8H8N2OS2. The van der Waals surface area contributed by atoms with E-state index in [1.807, 2.05) is 12.3 Å². The van der Waals surface area contributed by atoms with Gasteiger partial charge in [0.05, 0.1) is 21.1 Å². The molecule has 0 amide bonds. The molecule has 0 aliphatic heterocycles. The van der Waals surface area contributed by atoms with Crippen molar-refractivity contribution >= 4 is 22.7 Å². The minimum Gasteiger partial charge on any atom is -0.381 e. The maximum absolute atomic E-state index is 9.81. The average Bonchev–Trinajstić information content (AvgIpc) is 2.72. The van der Waals surface area contributed by atoms with Gasteiger partial charge in [0, 0.05) is 11.6 Å². The summed E-state index contributed by atoms with van der Waals surface area (Å²) in [4.78, 5) is 8.96. The van der Waals surface area contributed by atoms with Crippen LogP contribution >= 0.6 is 22.7 Å². The van der Waals surface area contributed by atoms with E-state index in [9.17, 15) is 5.11 Å². The standard InChI is InChI=1S/C8H8N2OS2/c1-5-10-6(3-12-5)8(11)7-2-9-4-13-7/h2-4,8,11H,1H3. The molecule has 0 bridgehead atoms. The number of thiazole rings is 2. The van der Waals surface area contributed by atoms with Gasteiger partial charge in [-0.2, -0.15) is 0 Å². The van der Waals surface area contributed by atoms with E-state index in [0.29, 0.717) is 5.69 Å². The average molecular weight is 212 g/mol. The van der Waals surface area contributed by atoms with Crippen LogP contribution < -0.4 is 0 Å². The quantitative estimate of drug-likeness (QED) is 0.828. The molecular weight excluding hydrogens is 204 g/mol. The molecule has 2 heterocycles. The molecule has 2 aromatic rings. The van der Waals surface area contributed by atoms with Crippen LogP contribution in [0.15, 0.2) is 17.1 Å². The summed E-state index contributed by atoms with van der Waals surface area (Å²) in [5.41, 5.74) is 2.42. The van der Waals surface area contributed by atoms with Crippen LogP contribution in [-0.4, -0.2) is 15.1 Å². The van der Waals surface area contributed by atoms with E-state index in [2.05, 4.69) is 9.97 Å². The van der Waals surface area contributed by atoms with Gasteiger partial charge in [0.1, 0.15) is 6.10 Å². The Morgan fingerprint density at radius 3 is 2.85 bits per heavy atom. The van der Waals surface area contributed by atoms with Crippen molar-refractivity contribution in [2.24, 2.45) is 0 Å². The van der Waals surface area contributed by atoms with Crippen molar-refractivity contribution in [3.8, 4) is 0 Å². The number of aryl methyl sites for hydroxylation is 1. The lowest BCUT2D eigenvalue weighted by Gasteiger charge is -2.02. The second-order valence-electron chi connectivity index (χ2n) is 2.60. The second kappa shape index (κ2) is 3.53. The van der Waals surface area contributed by atoms with Crippen molar-refractivity contribution in [1.82, 2.24) is 9.97 Å². The van der Waals surface area contributed by atoms with Gasteiger partial charge in [-0.05, 0) is 6.92 Å². The molecule has 0 aromatic carbocycles. The Hall–Kier alpha value is -0.780. The fourth-order valence-electron chi connectivity index (χ4n) is 1.01. The summed E-state index contributed by atoms with van der Waals surface area (Å²) in [5, 5.41) is 12.7. The van der Waals surface area contributed by atoms with E-state index in [0.717, 1.165) is 9.88 Å². The molecule has 0 saturated heterocycles. The fraction of sp³-hybridized carbons (Fsp3) is 0.250. The Labute approximate surface area is 83.7 Å². The van der Waals surface area contributed by atoms with Crippen LogP contribution in [0.4, 0.5) is 0 Å². The monoisotopic (exact) mass is 212 g/mol. The lowest BCUT2D eigenvalue weighted by Crippen LogP contribution is -1.97. The highest BCUT2D eigenvalue weighted by molar-refractivity contribution is 7.10. The van der Waals surface area contributed by atoms with Gasteiger partial charge in [0.15, 0.2) is 0 Å². The second-order valence-corrected chi connectivity index (χ2v) is 4.58. The number of nitrogens with zero attached hydrogens (tertiary/aromatic N) is 2. The van der Waals surface area contributed by atoms with Crippen molar-refractivity contribution in [2.75, 3.05) is 0 Å². The Balaban J connectivity index is 2.28. The van der Waals surface area contributed by atoms with Gasteiger partial charge in [-0.25, -0.2) is 4.98 Å². The highest BCUT2D eigenvalue weighted by Gasteiger charge is 2.14. The van der Waals surface area contributed by atoms with Crippen LogP contribution in [0, 0.1) is 6.92 Å². The van der Waals surface area contributed by atoms with Crippen LogP contribution in [0.5, 0.6) is 0 Å². The zero-order valence-corrected chi connectivity index (χ0v) is 8.60. The SMILES string of the molecule is Cc1nc(C(O)c2cncs2)cs1. The van der Waals surface area contributed by atoms with Gasteiger partial charge >= 0.3 is 0 Å². The topological polar surface area (TPSA) is 46.0 Å². The first-order valence-corrected chi connectivity index (χ1v) is 5.52. The summed E-state index contributed by atoms with van der Waals surface area (Å²) in [7, 11) is 0. The summed E-state index contributed by atoms with van der Waals surface area (Å²) in [5.74, 6) is 0. The van der Waals surface area contributed by atoms with E-state index in [-0.39, 0.29) is 0 Å². The van der Waals surface area contributed by atoms with Crippen LogP contribution in [0.2, 0.25) is 0 Å². The predicted molar refractivity (Wildman–Crippen MR) is 53.0 cm³/mol. The van der Waals surface area contributed by atoms with Gasteiger partial charge in [-0.1, -0.05) is 0 Å². The molecule has 1 atom stereocenters. The summed E-state index contributed by atoms with van der Waals surface area (Å²) < 4.78 is 0. The Kier molecular flexibility index (Phi) is 2.39. The molecule has 0 radical (unpaired) electrons. The molecule has 0 fully saturated rings. The van der Waals surface area contributed by atoms with Gasteiger partial charge in [0.25, 0.3) is 0 Å². The van der Waals surface area contributed by atoms with E-state index in [1.165, 1.54) is 11.3 Å². The maximum atomic E-state index is 9.81. The van der Waals surface area contributed by atoms with Crippen molar-refractivity contribution < 1.29 is 5.11 Å². The van der Waals surface area contributed by atoms with E-state index < -0.39 is 6.10 Å². The van der Waals surface area contributed by atoms with Crippen LogP contribution in [0.25, 0.3) is 0 Å². The molecule has 0 aliphatic rings.